The molecule has 1 amide bonds. The van der Waals surface area contributed by atoms with Gasteiger partial charge >= 0.3 is 0 Å². The van der Waals surface area contributed by atoms with Gasteiger partial charge in [0.2, 0.25) is 11.9 Å². The largest absolute Gasteiger partial charge is 0.368 e. The van der Waals surface area contributed by atoms with Gasteiger partial charge in [-0.1, -0.05) is 38.2 Å². The van der Waals surface area contributed by atoms with Crippen LogP contribution in [0.15, 0.2) is 54.5 Å². The van der Waals surface area contributed by atoms with Gasteiger partial charge in [-0.25, -0.2) is 9.94 Å². The summed E-state index contributed by atoms with van der Waals surface area (Å²) >= 11 is 0. The van der Waals surface area contributed by atoms with E-state index in [9.17, 15) is 4.79 Å². The van der Waals surface area contributed by atoms with Gasteiger partial charge in [0.05, 0.1) is 17.9 Å². The molecule has 0 aromatic carbocycles. The Morgan fingerprint density at radius 3 is 2.51 bits per heavy atom. The summed E-state index contributed by atoms with van der Waals surface area (Å²) in [6, 6.07) is 4.22. The maximum Gasteiger partial charge on any atom is 0.247 e. The molecule has 3 aliphatic heterocycles. The van der Waals surface area contributed by atoms with Crippen molar-refractivity contribution in [2.45, 2.75) is 47.0 Å². The van der Waals surface area contributed by atoms with Crippen LogP contribution in [0.3, 0.4) is 0 Å². The Bertz CT molecular complexity index is 1220. The van der Waals surface area contributed by atoms with E-state index < -0.39 is 0 Å². The summed E-state index contributed by atoms with van der Waals surface area (Å²) in [4.78, 5) is 24.1. The molecule has 2 bridgehead atoms. The molecule has 5 heterocycles. The van der Waals surface area contributed by atoms with Crippen LogP contribution in [0.5, 0.6) is 0 Å². The number of piperazine rings is 1. The van der Waals surface area contributed by atoms with Crippen molar-refractivity contribution in [3.05, 3.63) is 54.5 Å². The summed E-state index contributed by atoms with van der Waals surface area (Å²) in [5.74, 6) is 2.37. The second kappa shape index (κ2) is 14.5. The first kappa shape index (κ1) is 30.6. The van der Waals surface area contributed by atoms with Gasteiger partial charge in [0, 0.05) is 51.7 Å². The highest BCUT2D eigenvalue weighted by atomic mass is 16.2. The van der Waals surface area contributed by atoms with Gasteiger partial charge in [-0.15, -0.1) is 5.10 Å². The van der Waals surface area contributed by atoms with E-state index in [4.69, 9.17) is 4.98 Å². The van der Waals surface area contributed by atoms with E-state index in [-0.39, 0.29) is 5.91 Å². The molecule has 2 aromatic heterocycles. The lowest BCUT2D eigenvalue weighted by atomic mass is 9.98. The number of piperidine rings is 1. The zero-order chi connectivity index (χ0) is 29.4. The van der Waals surface area contributed by atoms with Crippen LogP contribution in [0.2, 0.25) is 0 Å². The number of hydrogen-bond donors (Lipinski definition) is 2. The summed E-state index contributed by atoms with van der Waals surface area (Å²) in [6.45, 7) is 18.3. The molecule has 224 valence electrons. The number of amides is 1. The van der Waals surface area contributed by atoms with Crippen LogP contribution in [0.25, 0.3) is 5.65 Å². The molecule has 2 N–H and O–H groups in total. The number of anilines is 2. The number of rotatable bonds is 6. The Hall–Kier alpha value is -3.37. The van der Waals surface area contributed by atoms with Gasteiger partial charge in [-0.05, 0) is 64.1 Å². The highest BCUT2D eigenvalue weighted by Crippen LogP contribution is 2.39. The molecule has 3 fully saturated rings. The van der Waals surface area contributed by atoms with E-state index in [2.05, 4.69) is 51.4 Å². The van der Waals surface area contributed by atoms with Crippen molar-refractivity contribution in [3.8, 4) is 0 Å². The van der Waals surface area contributed by atoms with Crippen molar-refractivity contribution in [1.29, 1.82) is 0 Å². The van der Waals surface area contributed by atoms with E-state index in [0.29, 0.717) is 19.0 Å². The van der Waals surface area contributed by atoms with Crippen molar-refractivity contribution >= 4 is 23.2 Å². The normalized spacial score (nSPS) is 22.3. The summed E-state index contributed by atoms with van der Waals surface area (Å²) in [6.07, 6.45) is 12.0. The van der Waals surface area contributed by atoms with Gasteiger partial charge in [-0.2, -0.15) is 4.98 Å². The molecule has 6 rings (SSSR count). The minimum atomic E-state index is 0.152. The predicted octanol–water partition coefficient (Wildman–Crippen LogP) is 3.98. The summed E-state index contributed by atoms with van der Waals surface area (Å²) in [7, 11) is 2.09. The van der Waals surface area contributed by atoms with Gasteiger partial charge in [0.1, 0.15) is 6.54 Å². The zero-order valence-electron chi connectivity index (χ0n) is 25.6. The lowest BCUT2D eigenvalue weighted by molar-refractivity contribution is -0.133. The molecular weight excluding hydrogens is 514 g/mol. The average molecular weight is 564 g/mol. The molecule has 1 saturated carbocycles. The molecule has 2 atom stereocenters. The lowest BCUT2D eigenvalue weighted by Gasteiger charge is -2.33. The Balaban J connectivity index is 0.000000433. The number of aromatic nitrogens is 3. The molecule has 1 aliphatic carbocycles. The number of likely N-dealkylation sites (N-methyl/N-ethyl adjacent to an activating group) is 1. The van der Waals surface area contributed by atoms with Crippen molar-refractivity contribution in [2.24, 2.45) is 11.8 Å². The van der Waals surface area contributed by atoms with E-state index in [1.165, 1.54) is 24.9 Å². The number of hydrazine groups is 1. The van der Waals surface area contributed by atoms with Crippen LogP contribution < -0.4 is 15.6 Å². The Morgan fingerprint density at radius 2 is 1.88 bits per heavy atom. The van der Waals surface area contributed by atoms with Crippen molar-refractivity contribution in [3.63, 3.8) is 0 Å². The number of nitrogens with one attached hydrogen (secondary N) is 2. The molecule has 2 saturated heterocycles. The number of carbonyl (C=O) groups is 1. The fourth-order valence-corrected chi connectivity index (χ4v) is 5.97. The zero-order valence-corrected chi connectivity index (χ0v) is 25.6. The monoisotopic (exact) mass is 563 g/mol. The molecule has 1 unspecified atom stereocenters. The third-order valence-corrected chi connectivity index (χ3v) is 7.96. The fraction of sp³-hybridized carbons (Fsp3) is 0.581. The van der Waals surface area contributed by atoms with Crippen molar-refractivity contribution in [2.75, 3.05) is 69.6 Å². The van der Waals surface area contributed by atoms with Crippen LogP contribution in [-0.2, 0) is 4.79 Å². The minimum absolute atomic E-state index is 0.152. The predicted molar refractivity (Wildman–Crippen MR) is 167 cm³/mol. The number of carbonyl (C=O) groups excluding carboxylic acids is 1. The third kappa shape index (κ3) is 8.10. The Kier molecular flexibility index (Phi) is 10.8. The summed E-state index contributed by atoms with van der Waals surface area (Å²) < 4.78 is 1.87. The van der Waals surface area contributed by atoms with Crippen LogP contribution in [0.1, 0.15) is 47.0 Å². The van der Waals surface area contributed by atoms with E-state index in [1.807, 2.05) is 66.7 Å². The van der Waals surface area contributed by atoms with Crippen LogP contribution in [0.4, 0.5) is 11.6 Å². The molecule has 10 heteroatoms. The number of allylic oxidation sites excluding steroid dienone is 3. The van der Waals surface area contributed by atoms with E-state index in [0.717, 1.165) is 68.0 Å². The molecule has 0 radical (unpaired) electrons. The van der Waals surface area contributed by atoms with Crippen LogP contribution >= 0.6 is 0 Å². The second-order valence-corrected chi connectivity index (χ2v) is 11.3. The van der Waals surface area contributed by atoms with Crippen molar-refractivity contribution in [1.82, 2.24) is 34.8 Å². The number of hydrogen-bond acceptors (Lipinski definition) is 8. The highest BCUT2D eigenvalue weighted by molar-refractivity contribution is 5.78. The topological polar surface area (TPSA) is 84.3 Å². The van der Waals surface area contributed by atoms with Gasteiger partial charge in [0.25, 0.3) is 0 Å². The fourth-order valence-electron chi connectivity index (χ4n) is 5.97. The summed E-state index contributed by atoms with van der Waals surface area (Å²) in [5, 5.41) is 9.85. The molecule has 10 nitrogen and oxygen atoms in total. The van der Waals surface area contributed by atoms with Gasteiger partial charge in [-0.3, -0.25) is 4.79 Å². The number of pyridine rings is 1. The SMILES string of the molecule is C=C(C)/C=C\C.CC.CN1CCN(C(=O)CN2C=C(Nc3nc4c(N5CC6CC[C@@H](C6)C5)cccn4n3)CN2)CC1. The second-order valence-electron chi connectivity index (χ2n) is 11.3. The van der Waals surface area contributed by atoms with E-state index in [1.54, 1.807) is 0 Å². The Morgan fingerprint density at radius 1 is 1.17 bits per heavy atom. The molecule has 0 spiro atoms. The van der Waals surface area contributed by atoms with E-state index >= 15 is 0 Å². The van der Waals surface area contributed by atoms with Crippen LogP contribution in [-0.4, -0.2) is 94.7 Å². The molecule has 4 aliphatic rings. The molecular formula is C31H49N9O. The first-order valence-electron chi connectivity index (χ1n) is 15.2. The highest BCUT2D eigenvalue weighted by Gasteiger charge is 2.34. The summed E-state index contributed by atoms with van der Waals surface area (Å²) in [5.41, 5.74) is 7.40. The third-order valence-electron chi connectivity index (χ3n) is 7.96. The smallest absolute Gasteiger partial charge is 0.247 e. The van der Waals surface area contributed by atoms with Gasteiger partial charge < -0.3 is 25.0 Å². The Labute approximate surface area is 245 Å². The quantitative estimate of drug-likeness (QED) is 0.511. The standard InChI is InChI=1S/C23H33N9O.C6H10.C2H6/c1-28-7-9-29(10-8-28)21(33)16-31-15-19(12-24-31)25-23-26-22-20(3-2-6-32(22)27-23)30-13-17-4-5-18(11-17)14-30;1-4-5-6(2)3;1-2/h2-3,6,15,17-18,24H,4-5,7-14,16H2,1H3,(H,25,27);4-5H,2H2,1,3H3;1-2H3/b;5-4-;/t17-,18?;;/m0../s1. The number of nitrogens with zero attached hydrogens (tertiary/aromatic N) is 7. The average Bonchev–Trinajstić information content (AvgIpc) is 3.68. The molecule has 41 heavy (non-hydrogen) atoms. The van der Waals surface area contributed by atoms with Crippen LogP contribution in [0, 0.1) is 11.8 Å². The number of fused-ring (bicyclic) bond motifs is 3. The van der Waals surface area contributed by atoms with Crippen molar-refractivity contribution < 1.29 is 4.79 Å². The van der Waals surface area contributed by atoms with Gasteiger partial charge in [0.15, 0.2) is 5.65 Å². The maximum atomic E-state index is 12.6. The first-order chi connectivity index (χ1) is 19.9. The first-order valence-corrected chi connectivity index (χ1v) is 15.2. The minimum Gasteiger partial charge on any atom is -0.368 e. The molecule has 2 aromatic rings. The lowest BCUT2D eigenvalue weighted by Crippen LogP contribution is -2.50. The maximum absolute atomic E-state index is 12.6.